The average molecular weight is 210 g/mol. The molecule has 0 saturated heterocycles. The van der Waals surface area contributed by atoms with Gasteiger partial charge in [-0.3, -0.25) is 0 Å². The van der Waals surface area contributed by atoms with Crippen molar-refractivity contribution in [2.75, 3.05) is 25.2 Å². The maximum atomic E-state index is 9.27. The van der Waals surface area contributed by atoms with Gasteiger partial charge < -0.3 is 25.6 Å². The van der Waals surface area contributed by atoms with E-state index < -0.39 is 6.10 Å². The summed E-state index contributed by atoms with van der Waals surface area (Å²) in [7, 11) is 0. The van der Waals surface area contributed by atoms with Crippen LogP contribution in [0.15, 0.2) is 18.2 Å². The fraction of sp³-hybridized carbons (Fsp3) is 0.400. The third-order valence-corrected chi connectivity index (χ3v) is 2.19. The van der Waals surface area contributed by atoms with Crippen LogP contribution in [0.25, 0.3) is 0 Å². The molecule has 5 nitrogen and oxygen atoms in total. The van der Waals surface area contributed by atoms with Crippen molar-refractivity contribution in [2.45, 2.75) is 6.10 Å². The van der Waals surface area contributed by atoms with E-state index in [1.807, 2.05) is 18.2 Å². The summed E-state index contributed by atoms with van der Waals surface area (Å²) in [6, 6.07) is 5.54. The van der Waals surface area contributed by atoms with Crippen molar-refractivity contribution in [1.29, 1.82) is 0 Å². The molecule has 0 aliphatic carbocycles. The lowest BCUT2D eigenvalue weighted by Crippen LogP contribution is -2.27. The normalized spacial score (nSPS) is 15.1. The lowest BCUT2D eigenvalue weighted by molar-refractivity contribution is 0.174. The largest absolute Gasteiger partial charge is 0.454 e. The van der Waals surface area contributed by atoms with Crippen molar-refractivity contribution >= 4 is 5.69 Å². The molecule has 0 saturated carbocycles. The third kappa shape index (κ3) is 2.31. The van der Waals surface area contributed by atoms with Gasteiger partial charge in [-0.05, 0) is 12.1 Å². The number of aliphatic hydroxyl groups is 1. The van der Waals surface area contributed by atoms with Crippen molar-refractivity contribution < 1.29 is 14.6 Å². The summed E-state index contributed by atoms with van der Waals surface area (Å²) in [5.41, 5.74) is 6.17. The Morgan fingerprint density at radius 3 is 3.00 bits per heavy atom. The van der Waals surface area contributed by atoms with Gasteiger partial charge in [0.25, 0.3) is 0 Å². The molecule has 0 bridgehead atoms. The topological polar surface area (TPSA) is 76.7 Å². The third-order valence-electron chi connectivity index (χ3n) is 2.19. The summed E-state index contributed by atoms with van der Waals surface area (Å²) >= 11 is 0. The van der Waals surface area contributed by atoms with Crippen LogP contribution in [-0.2, 0) is 0 Å². The minimum absolute atomic E-state index is 0.248. The van der Waals surface area contributed by atoms with Crippen molar-refractivity contribution in [2.24, 2.45) is 5.73 Å². The second-order valence-electron chi connectivity index (χ2n) is 3.34. The van der Waals surface area contributed by atoms with Gasteiger partial charge >= 0.3 is 0 Å². The zero-order chi connectivity index (χ0) is 10.7. The van der Waals surface area contributed by atoms with E-state index in [1.54, 1.807) is 0 Å². The average Bonchev–Trinajstić information content (AvgIpc) is 2.72. The maximum absolute atomic E-state index is 9.27. The van der Waals surface area contributed by atoms with Crippen LogP contribution in [0.2, 0.25) is 0 Å². The Labute approximate surface area is 87.8 Å². The van der Waals surface area contributed by atoms with E-state index in [-0.39, 0.29) is 13.3 Å². The number of nitrogens with two attached hydrogens (primary N) is 1. The van der Waals surface area contributed by atoms with Crippen molar-refractivity contribution in [3.63, 3.8) is 0 Å². The number of ether oxygens (including phenoxy) is 2. The molecular weight excluding hydrogens is 196 g/mol. The van der Waals surface area contributed by atoms with E-state index >= 15 is 0 Å². The van der Waals surface area contributed by atoms with Crippen LogP contribution in [-0.4, -0.2) is 31.1 Å². The van der Waals surface area contributed by atoms with Gasteiger partial charge in [0.2, 0.25) is 6.79 Å². The molecule has 1 aliphatic heterocycles. The first kappa shape index (κ1) is 10.1. The monoisotopic (exact) mass is 210 g/mol. The molecule has 4 N–H and O–H groups in total. The molecule has 15 heavy (non-hydrogen) atoms. The van der Waals surface area contributed by atoms with Crippen LogP contribution in [0.4, 0.5) is 5.69 Å². The molecule has 5 heteroatoms. The van der Waals surface area contributed by atoms with E-state index in [4.69, 9.17) is 15.2 Å². The number of rotatable bonds is 4. The van der Waals surface area contributed by atoms with E-state index in [9.17, 15) is 5.11 Å². The molecule has 0 radical (unpaired) electrons. The zero-order valence-corrected chi connectivity index (χ0v) is 8.27. The quantitative estimate of drug-likeness (QED) is 0.659. The summed E-state index contributed by atoms with van der Waals surface area (Å²) in [6.45, 7) is 0.942. The van der Waals surface area contributed by atoms with E-state index in [0.29, 0.717) is 6.54 Å². The van der Waals surface area contributed by atoms with Crippen LogP contribution in [0.3, 0.4) is 0 Å². The van der Waals surface area contributed by atoms with Crippen LogP contribution in [0, 0.1) is 0 Å². The van der Waals surface area contributed by atoms with Crippen LogP contribution < -0.4 is 20.5 Å². The Morgan fingerprint density at radius 2 is 2.20 bits per heavy atom. The molecule has 0 amide bonds. The minimum Gasteiger partial charge on any atom is -0.454 e. The Kier molecular flexibility index (Phi) is 2.94. The fourth-order valence-electron chi connectivity index (χ4n) is 1.33. The predicted octanol–water partition coefficient (Wildman–Crippen LogP) is 0.147. The first-order chi connectivity index (χ1) is 7.29. The highest BCUT2D eigenvalue weighted by molar-refractivity contribution is 5.55. The van der Waals surface area contributed by atoms with Gasteiger partial charge in [-0.15, -0.1) is 0 Å². The number of aliphatic hydroxyl groups excluding tert-OH is 1. The van der Waals surface area contributed by atoms with Gasteiger partial charge in [0.05, 0.1) is 6.10 Å². The molecule has 2 rings (SSSR count). The Hall–Kier alpha value is -1.46. The lowest BCUT2D eigenvalue weighted by Gasteiger charge is -2.10. The van der Waals surface area contributed by atoms with Crippen LogP contribution in [0.1, 0.15) is 0 Å². The second-order valence-corrected chi connectivity index (χ2v) is 3.34. The number of hydrogen-bond donors (Lipinski definition) is 3. The molecule has 1 aromatic rings. The number of hydrogen-bond acceptors (Lipinski definition) is 5. The number of benzene rings is 1. The molecule has 0 spiro atoms. The van der Waals surface area contributed by atoms with Gasteiger partial charge in [0, 0.05) is 24.8 Å². The standard InChI is InChI=1S/C10H14N2O3/c11-4-8(13)5-12-7-1-2-9-10(3-7)15-6-14-9/h1-3,8,12-13H,4-6,11H2. The summed E-state index contributed by atoms with van der Waals surface area (Å²) in [4.78, 5) is 0. The van der Waals surface area contributed by atoms with Crippen molar-refractivity contribution in [1.82, 2.24) is 0 Å². The Bertz CT molecular complexity index is 343. The number of anilines is 1. The SMILES string of the molecule is NCC(O)CNc1ccc2c(c1)OCO2. The van der Waals surface area contributed by atoms with Gasteiger partial charge in [-0.25, -0.2) is 0 Å². The van der Waals surface area contributed by atoms with Crippen molar-refractivity contribution in [3.05, 3.63) is 18.2 Å². The Morgan fingerprint density at radius 1 is 1.40 bits per heavy atom. The van der Waals surface area contributed by atoms with Gasteiger partial charge in [-0.1, -0.05) is 0 Å². The molecule has 82 valence electrons. The van der Waals surface area contributed by atoms with Crippen LogP contribution in [0.5, 0.6) is 11.5 Å². The number of nitrogens with one attached hydrogen (secondary N) is 1. The predicted molar refractivity (Wildman–Crippen MR) is 56.1 cm³/mol. The molecule has 1 atom stereocenters. The van der Waals surface area contributed by atoms with Gasteiger partial charge in [-0.2, -0.15) is 0 Å². The first-order valence-electron chi connectivity index (χ1n) is 4.81. The highest BCUT2D eigenvalue weighted by Crippen LogP contribution is 2.34. The van der Waals surface area contributed by atoms with E-state index in [1.165, 1.54) is 0 Å². The summed E-state index contributed by atoms with van der Waals surface area (Å²) in [5, 5.41) is 12.3. The van der Waals surface area contributed by atoms with Crippen LogP contribution >= 0.6 is 0 Å². The summed E-state index contributed by atoms with van der Waals surface area (Å²) in [6.07, 6.45) is -0.532. The molecule has 1 aromatic carbocycles. The van der Waals surface area contributed by atoms with E-state index in [0.717, 1.165) is 17.2 Å². The zero-order valence-electron chi connectivity index (χ0n) is 8.27. The summed E-state index contributed by atoms with van der Waals surface area (Å²) < 4.78 is 10.4. The molecule has 1 unspecified atom stereocenters. The highest BCUT2D eigenvalue weighted by atomic mass is 16.7. The maximum Gasteiger partial charge on any atom is 0.231 e. The minimum atomic E-state index is -0.532. The Balaban J connectivity index is 1.98. The lowest BCUT2D eigenvalue weighted by atomic mass is 10.2. The molecule has 0 fully saturated rings. The molecule has 0 aromatic heterocycles. The van der Waals surface area contributed by atoms with E-state index in [2.05, 4.69) is 5.32 Å². The number of fused-ring (bicyclic) bond motifs is 1. The molecule has 1 aliphatic rings. The molecular formula is C10H14N2O3. The van der Waals surface area contributed by atoms with Crippen molar-refractivity contribution in [3.8, 4) is 11.5 Å². The fourth-order valence-corrected chi connectivity index (χ4v) is 1.33. The smallest absolute Gasteiger partial charge is 0.231 e. The second kappa shape index (κ2) is 4.37. The first-order valence-corrected chi connectivity index (χ1v) is 4.81. The van der Waals surface area contributed by atoms with Gasteiger partial charge in [0.1, 0.15) is 0 Å². The highest BCUT2D eigenvalue weighted by Gasteiger charge is 2.13. The van der Waals surface area contributed by atoms with Gasteiger partial charge in [0.15, 0.2) is 11.5 Å². The molecule has 1 heterocycles. The summed E-state index contributed by atoms with van der Waals surface area (Å²) in [5.74, 6) is 1.47.